The number of amides is 2. The van der Waals surface area contributed by atoms with E-state index in [0.717, 1.165) is 77.3 Å². The maximum atomic E-state index is 14.1. The van der Waals surface area contributed by atoms with Gasteiger partial charge in [0.2, 0.25) is 0 Å². The molecule has 54 heavy (non-hydrogen) atoms. The lowest BCUT2D eigenvalue weighted by molar-refractivity contribution is -0.136. The Hall–Kier alpha value is -5.53. The molecule has 9 nitrogen and oxygen atoms in total. The summed E-state index contributed by atoms with van der Waals surface area (Å²) in [6, 6.07) is 22.3. The van der Waals surface area contributed by atoms with Crippen molar-refractivity contribution in [3.8, 4) is 21.1 Å². The summed E-state index contributed by atoms with van der Waals surface area (Å²) >= 11 is 1.44. The summed E-state index contributed by atoms with van der Waals surface area (Å²) in [5, 5.41) is 3.00. The lowest BCUT2D eigenvalue weighted by Crippen LogP contribution is -2.59. The molecule has 0 unspecified atom stereocenters. The Bertz CT molecular complexity index is 2430. The van der Waals surface area contributed by atoms with Crippen LogP contribution in [0.1, 0.15) is 50.2 Å². The normalized spacial score (nSPS) is 16.4. The van der Waals surface area contributed by atoms with Gasteiger partial charge in [-0.15, -0.1) is 11.3 Å². The highest BCUT2D eigenvalue weighted by Gasteiger charge is 2.45. The first-order valence-corrected chi connectivity index (χ1v) is 18.7. The molecule has 3 aliphatic rings. The van der Waals surface area contributed by atoms with E-state index in [9.17, 15) is 22.8 Å². The molecule has 274 valence electrons. The molecule has 3 aromatic heterocycles. The number of carbonyl (C=O) groups excluding carboxylic acids is 2. The lowest BCUT2D eigenvalue weighted by atomic mass is 9.73. The number of aryl methyl sites for hydroxylation is 1. The number of alkyl halides is 3. The zero-order chi connectivity index (χ0) is 37.2. The molecule has 0 atom stereocenters. The Morgan fingerprint density at radius 2 is 1.76 bits per heavy atom. The summed E-state index contributed by atoms with van der Waals surface area (Å²) in [5.74, 6) is 0.605. The maximum Gasteiger partial charge on any atom is 0.418 e. The van der Waals surface area contributed by atoms with E-state index in [1.807, 2.05) is 43.3 Å². The summed E-state index contributed by atoms with van der Waals surface area (Å²) in [7, 11) is 0. The number of pyridine rings is 1. The number of aromatic amines is 1. The fourth-order valence-electron chi connectivity index (χ4n) is 7.87. The first-order valence-electron chi connectivity index (χ1n) is 17.9. The third-order valence-corrected chi connectivity index (χ3v) is 11.9. The fraction of sp³-hybridized carbons (Fsp3) is 0.268. The molecule has 0 aliphatic carbocycles. The Labute approximate surface area is 312 Å². The van der Waals surface area contributed by atoms with E-state index in [1.54, 1.807) is 41.4 Å². The summed E-state index contributed by atoms with van der Waals surface area (Å²) in [6.45, 7) is 5.55. The quantitative estimate of drug-likeness (QED) is 0.183. The molecule has 2 fully saturated rings. The van der Waals surface area contributed by atoms with Gasteiger partial charge in [0.1, 0.15) is 11.6 Å². The van der Waals surface area contributed by atoms with Gasteiger partial charge in [0.15, 0.2) is 0 Å². The van der Waals surface area contributed by atoms with E-state index in [2.05, 4.69) is 25.2 Å². The van der Waals surface area contributed by atoms with E-state index < -0.39 is 11.7 Å². The van der Waals surface area contributed by atoms with Crippen molar-refractivity contribution >= 4 is 51.4 Å². The van der Waals surface area contributed by atoms with Crippen molar-refractivity contribution in [3.63, 3.8) is 0 Å². The number of ether oxygens (including phenoxy) is 1. The van der Waals surface area contributed by atoms with E-state index in [4.69, 9.17) is 4.74 Å². The number of imidazole rings is 1. The van der Waals surface area contributed by atoms with Gasteiger partial charge in [-0.25, -0.2) is 9.97 Å². The van der Waals surface area contributed by atoms with Gasteiger partial charge in [-0.05, 0) is 91.9 Å². The standard InChI is InChI=1S/C41H35F3N6O3S/c1-24-19-29(37(45-21-24)49-22-40(23-49)14-17-53-18-15-40)38(51)46-27-11-9-25(10-12-27)39(52)50-16-13-26-20-33(54-35(26)28-5-2-3-8-32(28)50)36-47-31-7-4-6-30(34(31)48-36)41(42,43)44/h2-12,19-21H,13-18,22-23H2,1H3,(H,46,51)(H,47,48). The van der Waals surface area contributed by atoms with Gasteiger partial charge < -0.3 is 24.8 Å². The maximum absolute atomic E-state index is 14.1. The van der Waals surface area contributed by atoms with Gasteiger partial charge in [0, 0.05) is 66.2 Å². The number of hydrogen-bond acceptors (Lipinski definition) is 7. The minimum atomic E-state index is -4.51. The minimum absolute atomic E-state index is 0.0430. The van der Waals surface area contributed by atoms with Gasteiger partial charge in [-0.2, -0.15) is 13.2 Å². The van der Waals surface area contributed by atoms with Crippen LogP contribution in [0.3, 0.4) is 0 Å². The number of H-pyrrole nitrogens is 1. The Balaban J connectivity index is 0.932. The summed E-state index contributed by atoms with van der Waals surface area (Å²) < 4.78 is 46.6. The van der Waals surface area contributed by atoms with Crippen LogP contribution in [-0.2, 0) is 17.3 Å². The largest absolute Gasteiger partial charge is 0.418 e. The zero-order valence-electron chi connectivity index (χ0n) is 29.3. The van der Waals surface area contributed by atoms with Gasteiger partial charge in [0.05, 0.1) is 32.7 Å². The summed E-state index contributed by atoms with van der Waals surface area (Å²) in [4.78, 5) is 45.4. The van der Waals surface area contributed by atoms with Crippen molar-refractivity contribution < 1.29 is 27.5 Å². The summed E-state index contributed by atoms with van der Waals surface area (Å²) in [5.41, 5.74) is 4.70. The number of hydrogen-bond donors (Lipinski definition) is 2. The van der Waals surface area contributed by atoms with E-state index in [1.165, 1.54) is 17.4 Å². The number of halogens is 3. The number of aromatic nitrogens is 3. The average molecular weight is 749 g/mol. The number of para-hydroxylation sites is 2. The predicted molar refractivity (Wildman–Crippen MR) is 203 cm³/mol. The topological polar surface area (TPSA) is 103 Å². The second-order valence-corrected chi connectivity index (χ2v) is 15.4. The molecule has 3 aromatic carbocycles. The summed E-state index contributed by atoms with van der Waals surface area (Å²) in [6.07, 6.45) is -0.153. The van der Waals surface area contributed by atoms with Crippen LogP contribution < -0.4 is 15.1 Å². The van der Waals surface area contributed by atoms with E-state index >= 15 is 0 Å². The molecular formula is C41H35F3N6O3S. The Morgan fingerprint density at radius 3 is 2.54 bits per heavy atom. The number of rotatable bonds is 5. The number of fused-ring (bicyclic) bond motifs is 4. The average Bonchev–Trinajstić information content (AvgIpc) is 3.76. The van der Waals surface area contributed by atoms with Crippen LogP contribution in [0.4, 0.5) is 30.4 Å². The van der Waals surface area contributed by atoms with Crippen molar-refractivity contribution in [1.82, 2.24) is 15.0 Å². The molecule has 13 heteroatoms. The van der Waals surface area contributed by atoms with Crippen LogP contribution in [0.15, 0.2) is 85.1 Å². The molecule has 6 aromatic rings. The fourth-order valence-corrected chi connectivity index (χ4v) is 9.06. The minimum Gasteiger partial charge on any atom is -0.381 e. The molecule has 2 N–H and O–H groups in total. The van der Waals surface area contributed by atoms with Crippen molar-refractivity contribution in [2.75, 3.05) is 48.0 Å². The van der Waals surface area contributed by atoms with Crippen molar-refractivity contribution in [2.45, 2.75) is 32.4 Å². The van der Waals surface area contributed by atoms with Crippen LogP contribution in [0, 0.1) is 12.3 Å². The van der Waals surface area contributed by atoms with Crippen LogP contribution in [-0.4, -0.2) is 59.6 Å². The van der Waals surface area contributed by atoms with Gasteiger partial charge in [0.25, 0.3) is 11.8 Å². The highest BCUT2D eigenvalue weighted by atomic mass is 32.1. The molecule has 0 radical (unpaired) electrons. The number of anilines is 3. The predicted octanol–water partition coefficient (Wildman–Crippen LogP) is 8.75. The molecule has 9 rings (SSSR count). The van der Waals surface area contributed by atoms with Crippen LogP contribution in [0.5, 0.6) is 0 Å². The van der Waals surface area contributed by atoms with Crippen molar-refractivity contribution in [2.24, 2.45) is 5.41 Å². The van der Waals surface area contributed by atoms with Gasteiger partial charge in [-0.1, -0.05) is 24.3 Å². The van der Waals surface area contributed by atoms with Gasteiger partial charge >= 0.3 is 6.18 Å². The van der Waals surface area contributed by atoms with Crippen LogP contribution >= 0.6 is 11.3 Å². The number of thiophene rings is 1. The van der Waals surface area contributed by atoms with E-state index in [-0.39, 0.29) is 28.3 Å². The molecule has 2 saturated heterocycles. The molecule has 0 saturated carbocycles. The lowest BCUT2D eigenvalue weighted by Gasteiger charge is -2.53. The molecule has 0 bridgehead atoms. The number of nitrogens with zero attached hydrogens (tertiary/aromatic N) is 4. The second kappa shape index (κ2) is 13.1. The molecule has 1 spiro atoms. The molecule has 6 heterocycles. The highest BCUT2D eigenvalue weighted by molar-refractivity contribution is 7.19. The Kier molecular flexibility index (Phi) is 8.31. The number of nitrogens with one attached hydrogen (secondary N) is 2. The monoisotopic (exact) mass is 748 g/mol. The third-order valence-electron chi connectivity index (χ3n) is 10.7. The SMILES string of the molecule is Cc1cnc(N2CC3(CCOCC3)C2)c(C(=O)Nc2ccc(C(=O)N3CCc4cc(-c5nc6cccc(C(F)(F)F)c6[nH]5)sc4-c4ccccc43)cc2)c1. The van der Waals surface area contributed by atoms with Crippen molar-refractivity contribution in [1.29, 1.82) is 0 Å². The number of benzene rings is 3. The highest BCUT2D eigenvalue weighted by Crippen LogP contribution is 2.45. The molecular weight excluding hydrogens is 714 g/mol. The van der Waals surface area contributed by atoms with Crippen molar-refractivity contribution in [3.05, 3.63) is 113 Å². The molecule has 2 amide bonds. The first-order chi connectivity index (χ1) is 26.0. The van der Waals surface area contributed by atoms with E-state index in [0.29, 0.717) is 41.4 Å². The second-order valence-electron chi connectivity index (χ2n) is 14.4. The van der Waals surface area contributed by atoms with Gasteiger partial charge in [-0.3, -0.25) is 9.59 Å². The molecule has 3 aliphatic heterocycles. The van der Waals surface area contributed by atoms with Crippen LogP contribution in [0.2, 0.25) is 0 Å². The third kappa shape index (κ3) is 6.10. The van der Waals surface area contributed by atoms with Crippen LogP contribution in [0.25, 0.3) is 32.2 Å². The zero-order valence-corrected chi connectivity index (χ0v) is 30.1. The smallest absolute Gasteiger partial charge is 0.381 e. The number of carbonyl (C=O) groups is 2. The Morgan fingerprint density at radius 1 is 0.981 bits per heavy atom. The first kappa shape index (κ1) is 34.3.